The zero-order chi connectivity index (χ0) is 10.8. The Bertz CT molecular complexity index is 356. The third-order valence-corrected chi connectivity index (χ3v) is 2.74. The van der Waals surface area contributed by atoms with Gasteiger partial charge in [0.15, 0.2) is 11.6 Å². The summed E-state index contributed by atoms with van der Waals surface area (Å²) in [5.74, 6) is -0.161. The van der Waals surface area contributed by atoms with Crippen LogP contribution in [0.1, 0.15) is 12.8 Å². The lowest BCUT2D eigenvalue weighted by molar-refractivity contribution is 0.0786. The molecule has 2 atom stereocenters. The number of methoxy groups -OCH3 is 1. The van der Waals surface area contributed by atoms with Crippen molar-refractivity contribution in [1.82, 2.24) is 0 Å². The van der Waals surface area contributed by atoms with E-state index >= 15 is 0 Å². The predicted molar refractivity (Wildman–Crippen MR) is 55.6 cm³/mol. The molecule has 0 bridgehead atoms. The largest absolute Gasteiger partial charge is 0.494 e. The van der Waals surface area contributed by atoms with Crippen LogP contribution in [0.4, 0.5) is 10.1 Å². The summed E-state index contributed by atoms with van der Waals surface area (Å²) in [6.07, 6.45) is 1.48. The number of nitrogens with one attached hydrogen (secondary N) is 1. The predicted octanol–water partition coefficient (Wildman–Crippen LogP) is 1.77. The van der Waals surface area contributed by atoms with Gasteiger partial charge in [-0.05, 0) is 25.0 Å². The smallest absolute Gasteiger partial charge is 0.165 e. The fourth-order valence-electron chi connectivity index (χ4n) is 1.61. The zero-order valence-electron chi connectivity index (χ0n) is 8.53. The minimum absolute atomic E-state index is 0.0835. The number of halogens is 1. The van der Waals surface area contributed by atoms with Crippen molar-refractivity contribution < 1.29 is 14.2 Å². The molecule has 0 aliphatic heterocycles. The normalized spacial score (nSPS) is 24.5. The molecule has 1 aliphatic carbocycles. The molecule has 2 N–H and O–H groups in total. The molecule has 82 valence electrons. The minimum atomic E-state index is -0.378. The van der Waals surface area contributed by atoms with Crippen LogP contribution >= 0.6 is 0 Å². The van der Waals surface area contributed by atoms with Crippen LogP contribution in [-0.2, 0) is 0 Å². The van der Waals surface area contributed by atoms with Gasteiger partial charge in [0.1, 0.15) is 0 Å². The van der Waals surface area contributed by atoms with Gasteiger partial charge in [0.25, 0.3) is 0 Å². The lowest BCUT2D eigenvalue weighted by Gasteiger charge is -2.33. The van der Waals surface area contributed by atoms with Gasteiger partial charge in [-0.2, -0.15) is 0 Å². The number of anilines is 1. The number of benzene rings is 1. The molecule has 1 aromatic carbocycles. The molecule has 0 spiro atoms. The molecule has 1 saturated carbocycles. The summed E-state index contributed by atoms with van der Waals surface area (Å²) in [4.78, 5) is 0. The lowest BCUT2D eigenvalue weighted by Crippen LogP contribution is -2.42. The lowest BCUT2D eigenvalue weighted by atomic mass is 9.89. The van der Waals surface area contributed by atoms with Gasteiger partial charge < -0.3 is 15.2 Å². The van der Waals surface area contributed by atoms with Gasteiger partial charge in [-0.15, -0.1) is 0 Å². The summed E-state index contributed by atoms with van der Waals surface area (Å²) >= 11 is 0. The van der Waals surface area contributed by atoms with Crippen LogP contribution in [0.5, 0.6) is 5.75 Å². The van der Waals surface area contributed by atoms with E-state index in [-0.39, 0.29) is 23.7 Å². The molecule has 1 fully saturated rings. The Morgan fingerprint density at radius 1 is 1.47 bits per heavy atom. The SMILES string of the molecule is COc1cc(N[C@@H]2CC[C@H]2O)ccc1F. The molecule has 15 heavy (non-hydrogen) atoms. The van der Waals surface area contributed by atoms with Crippen molar-refractivity contribution in [3.05, 3.63) is 24.0 Å². The first-order valence-corrected chi connectivity index (χ1v) is 4.99. The zero-order valence-corrected chi connectivity index (χ0v) is 8.53. The van der Waals surface area contributed by atoms with E-state index in [2.05, 4.69) is 5.32 Å². The highest BCUT2D eigenvalue weighted by atomic mass is 19.1. The topological polar surface area (TPSA) is 41.5 Å². The summed E-state index contributed by atoms with van der Waals surface area (Å²) in [5.41, 5.74) is 0.775. The van der Waals surface area contributed by atoms with Crippen LogP contribution < -0.4 is 10.1 Å². The van der Waals surface area contributed by atoms with E-state index in [1.807, 2.05) is 0 Å². The summed E-state index contributed by atoms with van der Waals surface area (Å²) in [5, 5.41) is 12.5. The maximum absolute atomic E-state index is 13.1. The van der Waals surface area contributed by atoms with Crippen molar-refractivity contribution >= 4 is 5.69 Å². The third kappa shape index (κ3) is 2.04. The van der Waals surface area contributed by atoms with Gasteiger partial charge in [-0.1, -0.05) is 0 Å². The van der Waals surface area contributed by atoms with Gasteiger partial charge in [0, 0.05) is 11.8 Å². The van der Waals surface area contributed by atoms with Gasteiger partial charge >= 0.3 is 0 Å². The van der Waals surface area contributed by atoms with Crippen molar-refractivity contribution in [1.29, 1.82) is 0 Å². The number of hydrogen-bond donors (Lipinski definition) is 2. The second-order valence-electron chi connectivity index (χ2n) is 3.74. The van der Waals surface area contributed by atoms with Crippen LogP contribution in [-0.4, -0.2) is 24.4 Å². The fourth-order valence-corrected chi connectivity index (χ4v) is 1.61. The Balaban J connectivity index is 2.08. The highest BCUT2D eigenvalue weighted by Crippen LogP contribution is 2.27. The molecule has 1 aliphatic rings. The standard InChI is InChI=1S/C11H14FNO2/c1-15-11-6-7(2-3-8(11)12)13-9-4-5-10(9)14/h2-3,6,9-10,13-14H,4-5H2,1H3/t9-,10-/m1/s1. The Kier molecular flexibility index (Phi) is 2.77. The van der Waals surface area contributed by atoms with E-state index in [9.17, 15) is 9.50 Å². The first kappa shape index (κ1) is 10.2. The van der Waals surface area contributed by atoms with Gasteiger partial charge in [-0.3, -0.25) is 0 Å². The van der Waals surface area contributed by atoms with Crippen LogP contribution in [0.15, 0.2) is 18.2 Å². The van der Waals surface area contributed by atoms with Gasteiger partial charge in [0.2, 0.25) is 0 Å². The van der Waals surface area contributed by atoms with Crippen molar-refractivity contribution in [2.75, 3.05) is 12.4 Å². The van der Waals surface area contributed by atoms with Crippen LogP contribution in [0, 0.1) is 5.82 Å². The molecule has 0 unspecified atom stereocenters. The molecule has 1 aromatic rings. The number of hydrogen-bond acceptors (Lipinski definition) is 3. The molecule has 0 heterocycles. The number of rotatable bonds is 3. The minimum Gasteiger partial charge on any atom is -0.494 e. The highest BCUT2D eigenvalue weighted by Gasteiger charge is 2.28. The summed E-state index contributed by atoms with van der Waals surface area (Å²) in [6.45, 7) is 0. The van der Waals surface area contributed by atoms with E-state index in [0.29, 0.717) is 0 Å². The monoisotopic (exact) mass is 211 g/mol. The van der Waals surface area contributed by atoms with Crippen molar-refractivity contribution in [2.24, 2.45) is 0 Å². The maximum Gasteiger partial charge on any atom is 0.165 e. The molecule has 4 heteroatoms. The molecule has 0 aromatic heterocycles. The molecular weight excluding hydrogens is 197 g/mol. The highest BCUT2D eigenvalue weighted by molar-refractivity contribution is 5.50. The third-order valence-electron chi connectivity index (χ3n) is 2.74. The van der Waals surface area contributed by atoms with E-state index in [1.165, 1.54) is 13.2 Å². The van der Waals surface area contributed by atoms with E-state index in [4.69, 9.17) is 4.74 Å². The number of aliphatic hydroxyl groups is 1. The van der Waals surface area contributed by atoms with Crippen molar-refractivity contribution in [2.45, 2.75) is 25.0 Å². The first-order chi connectivity index (χ1) is 7.20. The Labute approximate surface area is 87.9 Å². The van der Waals surface area contributed by atoms with E-state index in [1.54, 1.807) is 12.1 Å². The summed E-state index contributed by atoms with van der Waals surface area (Å²) in [7, 11) is 1.43. The van der Waals surface area contributed by atoms with Crippen molar-refractivity contribution in [3.8, 4) is 5.75 Å². The van der Waals surface area contributed by atoms with Gasteiger partial charge in [0.05, 0.1) is 19.3 Å². The maximum atomic E-state index is 13.1. The first-order valence-electron chi connectivity index (χ1n) is 4.99. The quantitative estimate of drug-likeness (QED) is 0.800. The second kappa shape index (κ2) is 4.06. The van der Waals surface area contributed by atoms with Crippen LogP contribution in [0.2, 0.25) is 0 Å². The average molecular weight is 211 g/mol. The van der Waals surface area contributed by atoms with Crippen molar-refractivity contribution in [3.63, 3.8) is 0 Å². The van der Waals surface area contributed by atoms with E-state index in [0.717, 1.165) is 18.5 Å². The molecule has 2 rings (SSSR count). The Morgan fingerprint density at radius 2 is 2.27 bits per heavy atom. The van der Waals surface area contributed by atoms with Crippen LogP contribution in [0.3, 0.4) is 0 Å². The fraction of sp³-hybridized carbons (Fsp3) is 0.455. The Hall–Kier alpha value is -1.29. The van der Waals surface area contributed by atoms with E-state index < -0.39 is 0 Å². The number of aliphatic hydroxyl groups excluding tert-OH is 1. The summed E-state index contributed by atoms with van der Waals surface area (Å²) in [6, 6.07) is 4.68. The average Bonchev–Trinajstić information content (AvgIpc) is 2.25. The molecule has 0 amide bonds. The molecular formula is C11H14FNO2. The Morgan fingerprint density at radius 3 is 2.80 bits per heavy atom. The summed E-state index contributed by atoms with van der Waals surface area (Å²) < 4.78 is 17.9. The van der Waals surface area contributed by atoms with Gasteiger partial charge in [-0.25, -0.2) is 4.39 Å². The number of ether oxygens (including phenoxy) is 1. The molecule has 3 nitrogen and oxygen atoms in total. The molecule has 0 saturated heterocycles. The van der Waals surface area contributed by atoms with Crippen LogP contribution in [0.25, 0.3) is 0 Å². The molecule has 0 radical (unpaired) electrons. The second-order valence-corrected chi connectivity index (χ2v) is 3.74.